The molecule has 0 aliphatic heterocycles. The van der Waals surface area contributed by atoms with Crippen molar-refractivity contribution in [2.45, 2.75) is 20.3 Å². The van der Waals surface area contributed by atoms with Crippen molar-refractivity contribution in [1.82, 2.24) is 0 Å². The van der Waals surface area contributed by atoms with Crippen molar-refractivity contribution >= 4 is 5.69 Å². The van der Waals surface area contributed by atoms with E-state index in [0.29, 0.717) is 12.5 Å². The highest BCUT2D eigenvalue weighted by Crippen LogP contribution is 2.19. The molecule has 4 heteroatoms. The number of rotatable bonds is 4. The Labute approximate surface area is 87.3 Å². The summed E-state index contributed by atoms with van der Waals surface area (Å²) in [4.78, 5) is 0. The summed E-state index contributed by atoms with van der Waals surface area (Å²) in [5.74, 6) is -3.39. The highest BCUT2D eigenvalue weighted by molar-refractivity contribution is 5.45. The predicted molar refractivity (Wildman–Crippen MR) is 54.3 cm³/mol. The lowest BCUT2D eigenvalue weighted by molar-refractivity contribution is 0.448. The van der Waals surface area contributed by atoms with Crippen LogP contribution in [0.15, 0.2) is 12.1 Å². The molecule has 0 spiro atoms. The fraction of sp³-hybridized carbons (Fsp3) is 0.455. The van der Waals surface area contributed by atoms with Crippen molar-refractivity contribution in [3.05, 3.63) is 29.6 Å². The van der Waals surface area contributed by atoms with Gasteiger partial charge in [-0.2, -0.15) is 0 Å². The molecule has 0 amide bonds. The van der Waals surface area contributed by atoms with Crippen LogP contribution in [0, 0.1) is 23.4 Å². The third kappa shape index (κ3) is 2.88. The molecule has 0 bridgehead atoms. The van der Waals surface area contributed by atoms with Gasteiger partial charge in [0.1, 0.15) is 0 Å². The van der Waals surface area contributed by atoms with Crippen LogP contribution in [0.25, 0.3) is 0 Å². The lowest BCUT2D eigenvalue weighted by atomic mass is 10.1. The van der Waals surface area contributed by atoms with Gasteiger partial charge >= 0.3 is 0 Å². The summed E-state index contributed by atoms with van der Waals surface area (Å²) in [7, 11) is 0. The molecule has 0 fully saturated rings. The smallest absolute Gasteiger partial charge is 0.196 e. The third-order valence-electron chi connectivity index (χ3n) is 2.37. The molecule has 0 saturated carbocycles. The van der Waals surface area contributed by atoms with Crippen LogP contribution in [0.4, 0.5) is 18.9 Å². The Kier molecular flexibility index (Phi) is 4.00. The Balaban J connectivity index is 2.74. The molecule has 1 aromatic rings. The maximum Gasteiger partial charge on any atom is 0.196 e. The first-order chi connectivity index (χ1) is 7.06. The minimum Gasteiger partial charge on any atom is -0.382 e. The zero-order valence-electron chi connectivity index (χ0n) is 8.78. The fourth-order valence-electron chi connectivity index (χ4n) is 1.09. The van der Waals surface area contributed by atoms with Gasteiger partial charge in [0.15, 0.2) is 17.5 Å². The molecule has 1 aromatic carbocycles. The molecule has 0 unspecified atom stereocenters. The van der Waals surface area contributed by atoms with E-state index in [2.05, 4.69) is 5.32 Å². The number of hydrogen-bond donors (Lipinski definition) is 1. The fourth-order valence-corrected chi connectivity index (χ4v) is 1.09. The topological polar surface area (TPSA) is 12.0 Å². The Hall–Kier alpha value is -1.19. The van der Waals surface area contributed by atoms with E-state index in [9.17, 15) is 13.2 Å². The van der Waals surface area contributed by atoms with Gasteiger partial charge in [-0.25, -0.2) is 13.2 Å². The maximum absolute atomic E-state index is 13.1. The molecule has 0 saturated heterocycles. The minimum absolute atomic E-state index is 0.00852. The summed E-state index contributed by atoms with van der Waals surface area (Å²) in [5, 5.41) is 2.75. The summed E-state index contributed by atoms with van der Waals surface area (Å²) in [6.45, 7) is 4.54. The lowest BCUT2D eigenvalue weighted by Gasteiger charge is -2.12. The first kappa shape index (κ1) is 11.9. The van der Waals surface area contributed by atoms with Crippen molar-refractivity contribution in [3.63, 3.8) is 0 Å². The van der Waals surface area contributed by atoms with Crippen molar-refractivity contribution < 1.29 is 13.2 Å². The Bertz CT molecular complexity index is 339. The largest absolute Gasteiger partial charge is 0.382 e. The van der Waals surface area contributed by atoms with Crippen LogP contribution >= 0.6 is 0 Å². The number of nitrogens with one attached hydrogen (secondary N) is 1. The van der Waals surface area contributed by atoms with E-state index in [-0.39, 0.29) is 5.69 Å². The molecule has 0 aliphatic carbocycles. The second kappa shape index (κ2) is 5.05. The Morgan fingerprint density at radius 3 is 2.47 bits per heavy atom. The zero-order valence-corrected chi connectivity index (χ0v) is 8.78. The molecule has 1 N–H and O–H groups in total. The highest BCUT2D eigenvalue weighted by Gasteiger charge is 2.13. The van der Waals surface area contributed by atoms with Crippen molar-refractivity contribution in [2.75, 3.05) is 11.9 Å². The van der Waals surface area contributed by atoms with Crippen molar-refractivity contribution in [3.8, 4) is 0 Å². The van der Waals surface area contributed by atoms with E-state index in [4.69, 9.17) is 0 Å². The van der Waals surface area contributed by atoms with E-state index < -0.39 is 17.5 Å². The normalized spacial score (nSPS) is 12.6. The van der Waals surface area contributed by atoms with Gasteiger partial charge in [-0.3, -0.25) is 0 Å². The van der Waals surface area contributed by atoms with Crippen LogP contribution in [0.5, 0.6) is 0 Å². The highest BCUT2D eigenvalue weighted by atomic mass is 19.2. The van der Waals surface area contributed by atoms with Gasteiger partial charge in [0.2, 0.25) is 0 Å². The quantitative estimate of drug-likeness (QED) is 0.760. The molecule has 0 aliphatic rings. The maximum atomic E-state index is 13.1. The first-order valence-electron chi connectivity index (χ1n) is 4.93. The molecule has 1 rings (SSSR count). The Morgan fingerprint density at radius 2 is 1.87 bits per heavy atom. The van der Waals surface area contributed by atoms with Gasteiger partial charge in [0.05, 0.1) is 5.69 Å². The molecule has 0 aromatic heterocycles. The van der Waals surface area contributed by atoms with Gasteiger partial charge in [-0.05, 0) is 18.1 Å². The van der Waals surface area contributed by atoms with Crippen LogP contribution in [0.2, 0.25) is 0 Å². The van der Waals surface area contributed by atoms with Crippen LogP contribution < -0.4 is 5.32 Å². The van der Waals surface area contributed by atoms with E-state index in [1.54, 1.807) is 0 Å². The predicted octanol–water partition coefficient (Wildman–Crippen LogP) is 3.56. The van der Waals surface area contributed by atoms with Crippen molar-refractivity contribution in [2.24, 2.45) is 5.92 Å². The Morgan fingerprint density at radius 1 is 1.20 bits per heavy atom. The molecule has 15 heavy (non-hydrogen) atoms. The summed E-state index contributed by atoms with van der Waals surface area (Å²) < 4.78 is 38.5. The number of anilines is 1. The summed E-state index contributed by atoms with van der Waals surface area (Å²) in [6.07, 6.45) is 0.943. The number of halogens is 3. The second-order valence-electron chi connectivity index (χ2n) is 3.62. The summed E-state index contributed by atoms with van der Waals surface area (Å²) >= 11 is 0. The average Bonchev–Trinajstić information content (AvgIpc) is 2.24. The van der Waals surface area contributed by atoms with E-state index >= 15 is 0 Å². The molecule has 84 valence electrons. The van der Waals surface area contributed by atoms with Crippen LogP contribution in [0.3, 0.4) is 0 Å². The van der Waals surface area contributed by atoms with E-state index in [0.717, 1.165) is 12.5 Å². The lowest BCUT2D eigenvalue weighted by Crippen LogP contribution is -2.12. The van der Waals surface area contributed by atoms with Gasteiger partial charge in [0, 0.05) is 6.54 Å². The average molecular weight is 217 g/mol. The van der Waals surface area contributed by atoms with Crippen LogP contribution in [0.1, 0.15) is 20.3 Å². The van der Waals surface area contributed by atoms with Gasteiger partial charge in [-0.1, -0.05) is 20.3 Å². The summed E-state index contributed by atoms with van der Waals surface area (Å²) in [5.41, 5.74) is 0.00852. The molecule has 1 nitrogen and oxygen atoms in total. The molecular formula is C11H14F3N. The number of hydrogen-bond acceptors (Lipinski definition) is 1. The van der Waals surface area contributed by atoms with Gasteiger partial charge in [-0.15, -0.1) is 0 Å². The molecule has 0 radical (unpaired) electrons. The van der Waals surface area contributed by atoms with E-state index in [1.165, 1.54) is 6.07 Å². The second-order valence-corrected chi connectivity index (χ2v) is 3.62. The monoisotopic (exact) mass is 217 g/mol. The molecule has 1 atom stereocenters. The SMILES string of the molecule is CC[C@@H](C)CNc1ccc(F)c(F)c1F. The van der Waals surface area contributed by atoms with Crippen molar-refractivity contribution in [1.29, 1.82) is 0 Å². The number of benzene rings is 1. The standard InChI is InChI=1S/C11H14F3N/c1-3-7(2)6-15-9-5-4-8(12)10(13)11(9)14/h4-5,7,15H,3,6H2,1-2H3/t7-/m1/s1. The summed E-state index contributed by atoms with van der Waals surface area (Å²) in [6, 6.07) is 2.12. The first-order valence-corrected chi connectivity index (χ1v) is 4.93. The van der Waals surface area contributed by atoms with Gasteiger partial charge < -0.3 is 5.32 Å². The van der Waals surface area contributed by atoms with Crippen LogP contribution in [-0.4, -0.2) is 6.54 Å². The zero-order chi connectivity index (χ0) is 11.4. The van der Waals surface area contributed by atoms with E-state index in [1.807, 2.05) is 13.8 Å². The minimum atomic E-state index is -1.43. The molecule has 0 heterocycles. The van der Waals surface area contributed by atoms with Gasteiger partial charge in [0.25, 0.3) is 0 Å². The third-order valence-corrected chi connectivity index (χ3v) is 2.37. The molecular weight excluding hydrogens is 203 g/mol. The van der Waals surface area contributed by atoms with Crippen LogP contribution in [-0.2, 0) is 0 Å².